The first kappa shape index (κ1) is 16.3. The number of halogens is 1. The van der Waals surface area contributed by atoms with E-state index in [1.165, 1.54) is 6.07 Å². The highest BCUT2D eigenvalue weighted by Gasteiger charge is 2.29. The van der Waals surface area contributed by atoms with Crippen molar-refractivity contribution in [3.05, 3.63) is 53.3 Å². The number of aryl methyl sites for hydroxylation is 2. The monoisotopic (exact) mass is 328 g/mol. The molecule has 0 fully saturated rings. The normalized spacial score (nSPS) is 16.3. The summed E-state index contributed by atoms with van der Waals surface area (Å²) in [6, 6.07) is 10.2. The van der Waals surface area contributed by atoms with E-state index in [0.29, 0.717) is 23.5 Å². The molecule has 0 bridgehead atoms. The second-order valence-corrected chi connectivity index (χ2v) is 6.12. The van der Waals surface area contributed by atoms with Crippen molar-refractivity contribution in [1.29, 1.82) is 0 Å². The molecule has 1 atom stereocenters. The van der Waals surface area contributed by atoms with Gasteiger partial charge in [-0.15, -0.1) is 0 Å². The molecule has 0 spiro atoms. The van der Waals surface area contributed by atoms with Crippen LogP contribution < -0.4 is 15.0 Å². The van der Waals surface area contributed by atoms with Gasteiger partial charge in [0.25, 0.3) is 0 Å². The number of fused-ring (bicyclic) bond motifs is 1. The first-order chi connectivity index (χ1) is 11.5. The molecule has 2 aromatic rings. The van der Waals surface area contributed by atoms with Gasteiger partial charge in [-0.05, 0) is 55.7 Å². The lowest BCUT2D eigenvalue weighted by Gasteiger charge is -2.34. The Morgan fingerprint density at radius 3 is 2.79 bits per heavy atom. The van der Waals surface area contributed by atoms with Crippen LogP contribution in [0.1, 0.15) is 24.5 Å². The summed E-state index contributed by atoms with van der Waals surface area (Å²) in [5.74, 6) is 0.362. The average molecular weight is 328 g/mol. The number of benzene rings is 2. The van der Waals surface area contributed by atoms with E-state index in [1.54, 1.807) is 24.0 Å². The molecule has 0 saturated heterocycles. The fourth-order valence-corrected chi connectivity index (χ4v) is 2.72. The number of urea groups is 1. The number of nitrogens with one attached hydrogen (secondary N) is 1. The summed E-state index contributed by atoms with van der Waals surface area (Å²) >= 11 is 0. The van der Waals surface area contributed by atoms with E-state index >= 15 is 0 Å². The summed E-state index contributed by atoms with van der Waals surface area (Å²) in [7, 11) is 0. The van der Waals surface area contributed by atoms with Crippen LogP contribution in [0.4, 0.5) is 20.6 Å². The predicted molar refractivity (Wildman–Crippen MR) is 93.4 cm³/mol. The number of ether oxygens (including phenoxy) is 1. The molecule has 0 radical (unpaired) electrons. The second-order valence-electron chi connectivity index (χ2n) is 6.12. The fourth-order valence-electron chi connectivity index (χ4n) is 2.72. The van der Waals surface area contributed by atoms with Crippen molar-refractivity contribution in [2.75, 3.05) is 16.8 Å². The highest BCUT2D eigenvalue weighted by molar-refractivity contribution is 6.03. The lowest BCUT2D eigenvalue weighted by molar-refractivity contribution is 0.188. The van der Waals surface area contributed by atoms with Crippen molar-refractivity contribution < 1.29 is 13.9 Å². The molecular weight excluding hydrogens is 307 g/mol. The Morgan fingerprint density at radius 1 is 1.29 bits per heavy atom. The molecule has 0 aliphatic carbocycles. The van der Waals surface area contributed by atoms with Crippen molar-refractivity contribution in [2.24, 2.45) is 0 Å². The Kier molecular flexibility index (Phi) is 4.42. The van der Waals surface area contributed by atoms with Crippen molar-refractivity contribution in [2.45, 2.75) is 33.3 Å². The molecule has 3 rings (SSSR count). The van der Waals surface area contributed by atoms with Crippen LogP contribution in [0.3, 0.4) is 0 Å². The van der Waals surface area contributed by atoms with Crippen LogP contribution in [0.2, 0.25) is 0 Å². The number of amides is 2. The minimum absolute atomic E-state index is 0.0549. The molecule has 2 aromatic carbocycles. The number of hydrogen-bond donors (Lipinski definition) is 1. The predicted octanol–water partition coefficient (Wildman–Crippen LogP) is 4.65. The first-order valence-corrected chi connectivity index (χ1v) is 8.10. The van der Waals surface area contributed by atoms with Gasteiger partial charge in [0, 0.05) is 5.69 Å². The van der Waals surface area contributed by atoms with Gasteiger partial charge < -0.3 is 10.1 Å². The van der Waals surface area contributed by atoms with E-state index in [9.17, 15) is 9.18 Å². The molecule has 5 heteroatoms. The second kappa shape index (κ2) is 6.51. The Balaban J connectivity index is 1.88. The molecule has 0 saturated carbocycles. The SMILES string of the molecule is CC[C@@H]1CN(C(=O)Nc2ccc(C)c(F)c2)c2cc(C)ccc2O1. The molecule has 1 aliphatic rings. The number of rotatable bonds is 2. The van der Waals surface area contributed by atoms with E-state index in [4.69, 9.17) is 4.74 Å². The van der Waals surface area contributed by atoms with Crippen molar-refractivity contribution in [3.8, 4) is 5.75 Å². The Hall–Kier alpha value is -2.56. The molecule has 1 N–H and O–H groups in total. The summed E-state index contributed by atoms with van der Waals surface area (Å²) in [6.07, 6.45) is 0.747. The van der Waals surface area contributed by atoms with Gasteiger partial charge in [-0.1, -0.05) is 19.1 Å². The van der Waals surface area contributed by atoms with Gasteiger partial charge in [0.05, 0.1) is 12.2 Å². The third-order valence-electron chi connectivity index (χ3n) is 4.21. The molecule has 1 aliphatic heterocycles. The van der Waals surface area contributed by atoms with Crippen molar-refractivity contribution >= 4 is 17.4 Å². The summed E-state index contributed by atoms with van der Waals surface area (Å²) in [5, 5.41) is 2.78. The minimum atomic E-state index is -0.336. The number of nitrogens with zero attached hydrogens (tertiary/aromatic N) is 1. The smallest absolute Gasteiger partial charge is 0.326 e. The maximum absolute atomic E-state index is 13.7. The lowest BCUT2D eigenvalue weighted by atomic mass is 10.1. The number of carbonyl (C=O) groups excluding carboxylic acids is 1. The van der Waals surface area contributed by atoms with E-state index in [0.717, 1.165) is 17.7 Å². The van der Waals surface area contributed by atoms with Crippen molar-refractivity contribution in [3.63, 3.8) is 0 Å². The molecule has 24 heavy (non-hydrogen) atoms. The number of hydrogen-bond acceptors (Lipinski definition) is 2. The molecule has 0 unspecified atom stereocenters. The van der Waals surface area contributed by atoms with Gasteiger partial charge in [-0.3, -0.25) is 4.90 Å². The minimum Gasteiger partial charge on any atom is -0.486 e. The Morgan fingerprint density at radius 2 is 2.08 bits per heavy atom. The van der Waals surface area contributed by atoms with Gasteiger partial charge in [-0.2, -0.15) is 0 Å². The molecule has 1 heterocycles. The van der Waals surface area contributed by atoms with Crippen LogP contribution >= 0.6 is 0 Å². The van der Waals surface area contributed by atoms with Crippen molar-refractivity contribution in [1.82, 2.24) is 0 Å². The molecule has 0 aromatic heterocycles. The standard InChI is InChI=1S/C19H21FN2O2/c1-4-15-11-22(17-9-12(2)5-8-18(17)24-15)19(23)21-14-7-6-13(3)16(20)10-14/h5-10,15H,4,11H2,1-3H3,(H,21,23)/t15-/m1/s1. The molecule has 4 nitrogen and oxygen atoms in total. The Bertz CT molecular complexity index is 776. The first-order valence-electron chi connectivity index (χ1n) is 8.10. The summed E-state index contributed by atoms with van der Waals surface area (Å²) in [4.78, 5) is 14.4. The van der Waals surface area contributed by atoms with Gasteiger partial charge in [0.15, 0.2) is 0 Å². The van der Waals surface area contributed by atoms with Gasteiger partial charge >= 0.3 is 6.03 Å². The van der Waals surface area contributed by atoms with E-state index in [1.807, 2.05) is 32.0 Å². The van der Waals surface area contributed by atoms with Gasteiger partial charge in [-0.25, -0.2) is 9.18 Å². The lowest BCUT2D eigenvalue weighted by Crippen LogP contribution is -2.45. The summed E-state index contributed by atoms with van der Waals surface area (Å²) in [5.41, 5.74) is 2.78. The third kappa shape index (κ3) is 3.20. The van der Waals surface area contributed by atoms with Crippen LogP contribution in [0.5, 0.6) is 5.75 Å². The van der Waals surface area contributed by atoms with Crippen LogP contribution in [-0.4, -0.2) is 18.7 Å². The quantitative estimate of drug-likeness (QED) is 0.871. The van der Waals surface area contributed by atoms with E-state index in [2.05, 4.69) is 5.32 Å². The molecular formula is C19H21FN2O2. The topological polar surface area (TPSA) is 41.6 Å². The number of anilines is 2. The maximum Gasteiger partial charge on any atom is 0.326 e. The number of carbonyl (C=O) groups is 1. The summed E-state index contributed by atoms with van der Waals surface area (Å²) in [6.45, 7) is 6.15. The van der Waals surface area contributed by atoms with Crippen LogP contribution in [-0.2, 0) is 0 Å². The largest absolute Gasteiger partial charge is 0.486 e. The fraction of sp³-hybridized carbons (Fsp3) is 0.316. The average Bonchev–Trinajstić information content (AvgIpc) is 2.57. The summed E-state index contributed by atoms with van der Waals surface area (Å²) < 4.78 is 19.6. The molecule has 2 amide bonds. The highest BCUT2D eigenvalue weighted by atomic mass is 19.1. The van der Waals surface area contributed by atoms with Crippen LogP contribution in [0.15, 0.2) is 36.4 Å². The zero-order valence-electron chi connectivity index (χ0n) is 14.1. The van der Waals surface area contributed by atoms with Gasteiger partial charge in [0.2, 0.25) is 0 Å². The third-order valence-corrected chi connectivity index (χ3v) is 4.21. The van der Waals surface area contributed by atoms with Crippen LogP contribution in [0, 0.1) is 19.7 Å². The zero-order valence-corrected chi connectivity index (χ0v) is 14.1. The van der Waals surface area contributed by atoms with Gasteiger partial charge in [0.1, 0.15) is 17.7 Å². The molecule has 126 valence electrons. The zero-order chi connectivity index (χ0) is 17.3. The maximum atomic E-state index is 13.7. The van der Waals surface area contributed by atoms with Crippen LogP contribution in [0.25, 0.3) is 0 Å². The highest BCUT2D eigenvalue weighted by Crippen LogP contribution is 2.35. The van der Waals surface area contributed by atoms with E-state index in [-0.39, 0.29) is 18.0 Å². The Labute approximate surface area is 141 Å². The van der Waals surface area contributed by atoms with E-state index < -0.39 is 0 Å².